The summed E-state index contributed by atoms with van der Waals surface area (Å²) in [6, 6.07) is 5.48. The van der Waals surface area contributed by atoms with E-state index in [1.165, 1.54) is 0 Å². The average molecular weight is 210 g/mol. The van der Waals surface area contributed by atoms with Crippen LogP contribution in [0.5, 0.6) is 17.2 Å². The second kappa shape index (κ2) is 4.40. The summed E-state index contributed by atoms with van der Waals surface area (Å²) in [5.41, 5.74) is 0. The second-order valence-corrected chi connectivity index (χ2v) is 3.28. The third-order valence-corrected chi connectivity index (χ3v) is 2.19. The lowest BCUT2D eigenvalue weighted by molar-refractivity contribution is 0.261. The molecular formula is C11H14O4. The van der Waals surface area contributed by atoms with E-state index in [1.807, 2.05) is 12.1 Å². The Kier molecular flexibility index (Phi) is 2.97. The predicted octanol–water partition coefficient (Wildman–Crippen LogP) is 1.48. The Morgan fingerprint density at radius 1 is 1.27 bits per heavy atom. The van der Waals surface area contributed by atoms with Crippen molar-refractivity contribution in [3.63, 3.8) is 0 Å². The molecule has 1 aromatic carbocycles. The van der Waals surface area contributed by atoms with Crippen molar-refractivity contribution in [1.82, 2.24) is 0 Å². The van der Waals surface area contributed by atoms with Crippen LogP contribution in [-0.2, 0) is 4.74 Å². The third kappa shape index (κ3) is 2.53. The Labute approximate surface area is 88.7 Å². The highest BCUT2D eigenvalue weighted by Crippen LogP contribution is 2.31. The molecule has 0 aromatic heterocycles. The SMILES string of the molecule is COc1ccc(OC[C@@H]2CO2)cc1OC. The fourth-order valence-electron chi connectivity index (χ4n) is 1.26. The van der Waals surface area contributed by atoms with Crippen LogP contribution in [-0.4, -0.2) is 33.5 Å². The van der Waals surface area contributed by atoms with Crippen molar-refractivity contribution in [2.75, 3.05) is 27.4 Å². The zero-order chi connectivity index (χ0) is 10.7. The van der Waals surface area contributed by atoms with Crippen LogP contribution in [0.3, 0.4) is 0 Å². The molecule has 0 aliphatic carbocycles. The van der Waals surface area contributed by atoms with E-state index in [-0.39, 0.29) is 6.10 Å². The van der Waals surface area contributed by atoms with Crippen molar-refractivity contribution in [3.8, 4) is 17.2 Å². The van der Waals surface area contributed by atoms with Crippen LogP contribution < -0.4 is 14.2 Å². The smallest absolute Gasteiger partial charge is 0.164 e. The Morgan fingerprint density at radius 3 is 2.60 bits per heavy atom. The van der Waals surface area contributed by atoms with E-state index in [2.05, 4.69) is 0 Å². The van der Waals surface area contributed by atoms with Gasteiger partial charge < -0.3 is 18.9 Å². The van der Waals surface area contributed by atoms with Gasteiger partial charge in [0.05, 0.1) is 20.8 Å². The summed E-state index contributed by atoms with van der Waals surface area (Å²) in [7, 11) is 3.21. The monoisotopic (exact) mass is 210 g/mol. The molecule has 1 aliphatic rings. The number of hydrogen-bond acceptors (Lipinski definition) is 4. The number of rotatable bonds is 5. The summed E-state index contributed by atoms with van der Waals surface area (Å²) in [4.78, 5) is 0. The molecule has 1 heterocycles. The van der Waals surface area contributed by atoms with Gasteiger partial charge in [0, 0.05) is 6.07 Å². The molecule has 1 atom stereocenters. The molecule has 1 aromatic rings. The van der Waals surface area contributed by atoms with Crippen LogP contribution in [0.2, 0.25) is 0 Å². The molecule has 0 spiro atoms. The summed E-state index contributed by atoms with van der Waals surface area (Å²) >= 11 is 0. The zero-order valence-corrected chi connectivity index (χ0v) is 8.86. The molecule has 0 amide bonds. The highest BCUT2D eigenvalue weighted by molar-refractivity contribution is 5.45. The molecular weight excluding hydrogens is 196 g/mol. The molecule has 2 rings (SSSR count). The minimum atomic E-state index is 0.262. The fraction of sp³-hybridized carbons (Fsp3) is 0.455. The van der Waals surface area contributed by atoms with Crippen LogP contribution in [0, 0.1) is 0 Å². The summed E-state index contributed by atoms with van der Waals surface area (Å²) in [6.45, 7) is 1.39. The fourth-order valence-corrected chi connectivity index (χ4v) is 1.26. The molecule has 0 unspecified atom stereocenters. The number of ether oxygens (including phenoxy) is 4. The van der Waals surface area contributed by atoms with E-state index in [1.54, 1.807) is 20.3 Å². The maximum absolute atomic E-state index is 5.51. The van der Waals surface area contributed by atoms with Crippen molar-refractivity contribution in [3.05, 3.63) is 18.2 Å². The molecule has 82 valence electrons. The third-order valence-electron chi connectivity index (χ3n) is 2.19. The Balaban J connectivity index is 2.03. The predicted molar refractivity (Wildman–Crippen MR) is 54.8 cm³/mol. The lowest BCUT2D eigenvalue weighted by Crippen LogP contribution is -2.04. The van der Waals surface area contributed by atoms with Gasteiger partial charge in [-0.25, -0.2) is 0 Å². The number of hydrogen-bond donors (Lipinski definition) is 0. The number of epoxide rings is 1. The maximum Gasteiger partial charge on any atom is 0.164 e. The lowest BCUT2D eigenvalue weighted by Gasteiger charge is -2.09. The minimum Gasteiger partial charge on any atom is -0.493 e. The largest absolute Gasteiger partial charge is 0.493 e. The standard InChI is InChI=1S/C11H14O4/c1-12-10-4-3-8(5-11(10)13-2)14-6-9-7-15-9/h3-5,9H,6-7H2,1-2H3/t9-/m1/s1. The van der Waals surface area contributed by atoms with E-state index < -0.39 is 0 Å². The van der Waals surface area contributed by atoms with Gasteiger partial charge >= 0.3 is 0 Å². The molecule has 0 bridgehead atoms. The van der Waals surface area contributed by atoms with E-state index in [0.29, 0.717) is 18.1 Å². The van der Waals surface area contributed by atoms with Crippen molar-refractivity contribution < 1.29 is 18.9 Å². The van der Waals surface area contributed by atoms with Crippen LogP contribution in [0.1, 0.15) is 0 Å². The minimum absolute atomic E-state index is 0.262. The van der Waals surface area contributed by atoms with Gasteiger partial charge in [-0.3, -0.25) is 0 Å². The van der Waals surface area contributed by atoms with E-state index in [4.69, 9.17) is 18.9 Å². The van der Waals surface area contributed by atoms with Crippen LogP contribution >= 0.6 is 0 Å². The van der Waals surface area contributed by atoms with Crippen molar-refractivity contribution in [2.45, 2.75) is 6.10 Å². The lowest BCUT2D eigenvalue weighted by atomic mass is 10.3. The first-order valence-electron chi connectivity index (χ1n) is 4.80. The summed E-state index contributed by atoms with van der Waals surface area (Å²) in [6.07, 6.45) is 0.262. The molecule has 4 heteroatoms. The summed E-state index contributed by atoms with van der Waals surface area (Å²) in [5.74, 6) is 2.14. The molecule has 1 fully saturated rings. The summed E-state index contributed by atoms with van der Waals surface area (Å²) in [5, 5.41) is 0. The molecule has 1 saturated heterocycles. The highest BCUT2D eigenvalue weighted by Gasteiger charge is 2.23. The van der Waals surface area contributed by atoms with Gasteiger partial charge in [-0.1, -0.05) is 0 Å². The number of benzene rings is 1. The first-order chi connectivity index (χ1) is 7.33. The van der Waals surface area contributed by atoms with Crippen LogP contribution in [0.25, 0.3) is 0 Å². The quantitative estimate of drug-likeness (QED) is 0.690. The van der Waals surface area contributed by atoms with E-state index in [9.17, 15) is 0 Å². The van der Waals surface area contributed by atoms with E-state index >= 15 is 0 Å². The molecule has 15 heavy (non-hydrogen) atoms. The first-order valence-corrected chi connectivity index (χ1v) is 4.80. The molecule has 4 nitrogen and oxygen atoms in total. The topological polar surface area (TPSA) is 40.2 Å². The van der Waals surface area contributed by atoms with Gasteiger partial charge in [-0.15, -0.1) is 0 Å². The van der Waals surface area contributed by atoms with Crippen LogP contribution in [0.4, 0.5) is 0 Å². The second-order valence-electron chi connectivity index (χ2n) is 3.28. The molecule has 0 saturated carbocycles. The van der Waals surface area contributed by atoms with Crippen molar-refractivity contribution in [1.29, 1.82) is 0 Å². The Morgan fingerprint density at radius 2 is 2.00 bits per heavy atom. The molecule has 1 aliphatic heterocycles. The van der Waals surface area contributed by atoms with Crippen molar-refractivity contribution >= 4 is 0 Å². The van der Waals surface area contributed by atoms with Crippen molar-refractivity contribution in [2.24, 2.45) is 0 Å². The summed E-state index contributed by atoms with van der Waals surface area (Å²) < 4.78 is 20.8. The number of methoxy groups -OCH3 is 2. The highest BCUT2D eigenvalue weighted by atomic mass is 16.6. The normalized spacial score (nSPS) is 18.4. The first kappa shape index (κ1) is 10.1. The van der Waals surface area contributed by atoms with Crippen LogP contribution in [0.15, 0.2) is 18.2 Å². The molecule has 0 N–H and O–H groups in total. The van der Waals surface area contributed by atoms with Gasteiger partial charge in [-0.05, 0) is 12.1 Å². The maximum atomic E-state index is 5.51. The van der Waals surface area contributed by atoms with Gasteiger partial charge in [0.1, 0.15) is 18.5 Å². The average Bonchev–Trinajstić information content (AvgIpc) is 3.09. The van der Waals surface area contributed by atoms with Gasteiger partial charge in [-0.2, -0.15) is 0 Å². The Bertz CT molecular complexity index is 333. The zero-order valence-electron chi connectivity index (χ0n) is 8.86. The van der Waals surface area contributed by atoms with Gasteiger partial charge in [0.25, 0.3) is 0 Å². The Hall–Kier alpha value is -1.42. The van der Waals surface area contributed by atoms with E-state index in [0.717, 1.165) is 12.4 Å². The molecule has 0 radical (unpaired) electrons. The van der Waals surface area contributed by atoms with Gasteiger partial charge in [0.15, 0.2) is 11.5 Å². The van der Waals surface area contributed by atoms with Gasteiger partial charge in [0.2, 0.25) is 0 Å².